The average Bonchev–Trinajstić information content (AvgIpc) is 2.90. The number of nitrogens with zero attached hydrogens (tertiary/aromatic N) is 1. The van der Waals surface area contributed by atoms with E-state index in [1.54, 1.807) is 7.11 Å². The van der Waals surface area contributed by atoms with Gasteiger partial charge in [0.15, 0.2) is 0 Å². The molecule has 0 bridgehead atoms. The minimum atomic E-state index is 0.0266. The molecule has 1 fully saturated rings. The second kappa shape index (κ2) is 5.83. The molecule has 1 aromatic carbocycles. The molecule has 1 aliphatic rings. The Hall–Kier alpha value is -1.22. The molecule has 0 saturated carbocycles. The fourth-order valence-corrected chi connectivity index (χ4v) is 2.71. The number of ether oxygens (including phenoxy) is 1. The lowest BCUT2D eigenvalue weighted by Gasteiger charge is -2.19. The van der Waals surface area contributed by atoms with E-state index in [1.165, 1.54) is 0 Å². The molecule has 3 nitrogen and oxygen atoms in total. The number of likely N-dealkylation sites (tertiary alicyclic amines) is 1. The molecule has 1 heterocycles. The number of carbonyl (C=O) groups excluding carboxylic acids is 1. The lowest BCUT2D eigenvalue weighted by molar-refractivity contribution is 0.0789. The zero-order valence-corrected chi connectivity index (χ0v) is 12.5. The van der Waals surface area contributed by atoms with Crippen molar-refractivity contribution in [1.29, 1.82) is 0 Å². The molecule has 0 aromatic heterocycles. The first kappa shape index (κ1) is 14.2. The van der Waals surface area contributed by atoms with Gasteiger partial charge in [0.2, 0.25) is 0 Å². The van der Waals surface area contributed by atoms with Crippen LogP contribution in [0.2, 0.25) is 5.02 Å². The highest BCUT2D eigenvalue weighted by molar-refractivity contribution is 6.32. The van der Waals surface area contributed by atoms with Crippen LogP contribution in [0.15, 0.2) is 12.1 Å². The SMILES string of the molecule is COc1c(Cl)cc(C(C)C)cc1C(=O)N1CCCC1. The summed E-state index contributed by atoms with van der Waals surface area (Å²) in [6.07, 6.45) is 2.15. The quantitative estimate of drug-likeness (QED) is 0.845. The zero-order chi connectivity index (χ0) is 14.0. The second-order valence-electron chi connectivity index (χ2n) is 5.24. The molecule has 0 spiro atoms. The van der Waals surface area contributed by atoms with Crippen LogP contribution in [0.3, 0.4) is 0 Å². The summed E-state index contributed by atoms with van der Waals surface area (Å²) in [5, 5.41) is 0.510. The molecular formula is C15H20ClNO2. The van der Waals surface area contributed by atoms with Gasteiger partial charge in [0.25, 0.3) is 5.91 Å². The molecule has 1 aromatic rings. The van der Waals surface area contributed by atoms with E-state index in [-0.39, 0.29) is 5.91 Å². The highest BCUT2D eigenvalue weighted by Gasteiger charge is 2.24. The monoisotopic (exact) mass is 281 g/mol. The lowest BCUT2D eigenvalue weighted by atomic mass is 9.99. The van der Waals surface area contributed by atoms with Gasteiger partial charge in [-0.25, -0.2) is 0 Å². The number of hydrogen-bond donors (Lipinski definition) is 0. The molecule has 19 heavy (non-hydrogen) atoms. The molecule has 0 unspecified atom stereocenters. The summed E-state index contributed by atoms with van der Waals surface area (Å²) in [6, 6.07) is 3.79. The second-order valence-corrected chi connectivity index (χ2v) is 5.64. The normalized spacial score (nSPS) is 15.1. The highest BCUT2D eigenvalue weighted by atomic mass is 35.5. The van der Waals surface area contributed by atoms with Crippen molar-refractivity contribution in [3.63, 3.8) is 0 Å². The van der Waals surface area contributed by atoms with Crippen molar-refractivity contribution in [2.75, 3.05) is 20.2 Å². The molecule has 0 N–H and O–H groups in total. The predicted molar refractivity (Wildman–Crippen MR) is 77.2 cm³/mol. The maximum absolute atomic E-state index is 12.5. The number of carbonyl (C=O) groups is 1. The molecule has 4 heteroatoms. The summed E-state index contributed by atoms with van der Waals surface area (Å²) in [6.45, 7) is 5.82. The van der Waals surface area contributed by atoms with Crippen molar-refractivity contribution in [1.82, 2.24) is 4.90 Å². The van der Waals surface area contributed by atoms with E-state index in [0.717, 1.165) is 31.5 Å². The topological polar surface area (TPSA) is 29.5 Å². The number of methoxy groups -OCH3 is 1. The average molecular weight is 282 g/mol. The number of hydrogen-bond acceptors (Lipinski definition) is 2. The fourth-order valence-electron chi connectivity index (χ4n) is 2.40. The highest BCUT2D eigenvalue weighted by Crippen LogP contribution is 2.34. The van der Waals surface area contributed by atoms with Crippen LogP contribution in [0.5, 0.6) is 5.75 Å². The van der Waals surface area contributed by atoms with E-state index in [9.17, 15) is 4.79 Å². The molecular weight excluding hydrogens is 262 g/mol. The van der Waals surface area contributed by atoms with Crippen LogP contribution >= 0.6 is 11.6 Å². The van der Waals surface area contributed by atoms with Crippen molar-refractivity contribution in [3.8, 4) is 5.75 Å². The molecule has 0 radical (unpaired) electrons. The number of benzene rings is 1. The van der Waals surface area contributed by atoms with Crippen LogP contribution in [0, 0.1) is 0 Å². The number of amides is 1. The maximum Gasteiger partial charge on any atom is 0.257 e. The van der Waals surface area contributed by atoms with E-state index < -0.39 is 0 Å². The van der Waals surface area contributed by atoms with Gasteiger partial charge >= 0.3 is 0 Å². The van der Waals surface area contributed by atoms with Crippen molar-refractivity contribution < 1.29 is 9.53 Å². The Balaban J connectivity index is 2.43. The molecule has 1 aliphatic heterocycles. The zero-order valence-electron chi connectivity index (χ0n) is 11.7. The summed E-state index contributed by atoms with van der Waals surface area (Å²) in [5.74, 6) is 0.843. The van der Waals surface area contributed by atoms with E-state index in [0.29, 0.717) is 22.3 Å². The molecule has 0 aliphatic carbocycles. The van der Waals surface area contributed by atoms with Gasteiger partial charge in [-0.3, -0.25) is 4.79 Å². The van der Waals surface area contributed by atoms with Crippen LogP contribution in [-0.4, -0.2) is 31.0 Å². The van der Waals surface area contributed by atoms with Gasteiger partial charge in [0.05, 0.1) is 17.7 Å². The van der Waals surface area contributed by atoms with E-state index in [4.69, 9.17) is 16.3 Å². The predicted octanol–water partition coefficient (Wildman–Crippen LogP) is 3.71. The third-order valence-corrected chi connectivity index (χ3v) is 3.84. The maximum atomic E-state index is 12.5. The lowest BCUT2D eigenvalue weighted by Crippen LogP contribution is -2.28. The Morgan fingerprint density at radius 2 is 1.95 bits per heavy atom. The van der Waals surface area contributed by atoms with Gasteiger partial charge < -0.3 is 9.64 Å². The van der Waals surface area contributed by atoms with Crippen molar-refractivity contribution in [2.24, 2.45) is 0 Å². The van der Waals surface area contributed by atoms with Gasteiger partial charge in [-0.1, -0.05) is 25.4 Å². The van der Waals surface area contributed by atoms with Crippen LogP contribution in [0.4, 0.5) is 0 Å². The third kappa shape index (κ3) is 2.86. The van der Waals surface area contributed by atoms with E-state index in [1.807, 2.05) is 17.0 Å². The Labute approximate surface area is 119 Å². The molecule has 2 rings (SSSR count). The van der Waals surface area contributed by atoms with Gasteiger partial charge in [-0.2, -0.15) is 0 Å². The fraction of sp³-hybridized carbons (Fsp3) is 0.533. The van der Waals surface area contributed by atoms with Crippen LogP contribution in [0.1, 0.15) is 48.5 Å². The van der Waals surface area contributed by atoms with Crippen LogP contribution in [-0.2, 0) is 0 Å². The molecule has 1 saturated heterocycles. The van der Waals surface area contributed by atoms with Crippen molar-refractivity contribution in [3.05, 3.63) is 28.3 Å². The number of halogens is 1. The summed E-state index contributed by atoms with van der Waals surface area (Å²) in [7, 11) is 1.55. The van der Waals surface area contributed by atoms with Gasteiger partial charge in [-0.15, -0.1) is 0 Å². The summed E-state index contributed by atoms with van der Waals surface area (Å²) in [5.41, 5.74) is 1.65. The molecule has 0 atom stereocenters. The first-order valence-electron chi connectivity index (χ1n) is 6.71. The van der Waals surface area contributed by atoms with Crippen LogP contribution < -0.4 is 4.74 Å². The van der Waals surface area contributed by atoms with E-state index in [2.05, 4.69) is 13.8 Å². The Morgan fingerprint density at radius 3 is 2.47 bits per heavy atom. The number of rotatable bonds is 3. The summed E-state index contributed by atoms with van der Waals surface area (Å²) < 4.78 is 5.31. The Bertz CT molecular complexity index is 479. The van der Waals surface area contributed by atoms with Gasteiger partial charge in [0, 0.05) is 13.1 Å². The van der Waals surface area contributed by atoms with Crippen molar-refractivity contribution in [2.45, 2.75) is 32.6 Å². The minimum absolute atomic E-state index is 0.0266. The Morgan fingerprint density at radius 1 is 1.32 bits per heavy atom. The largest absolute Gasteiger partial charge is 0.494 e. The summed E-state index contributed by atoms with van der Waals surface area (Å²) in [4.78, 5) is 14.4. The first-order chi connectivity index (χ1) is 9.04. The van der Waals surface area contributed by atoms with Gasteiger partial charge in [-0.05, 0) is 36.5 Å². The van der Waals surface area contributed by atoms with Crippen LogP contribution in [0.25, 0.3) is 0 Å². The smallest absolute Gasteiger partial charge is 0.257 e. The minimum Gasteiger partial charge on any atom is -0.494 e. The standard InChI is InChI=1S/C15H20ClNO2/c1-10(2)11-8-12(14(19-3)13(16)9-11)15(18)17-6-4-5-7-17/h8-10H,4-7H2,1-3H3. The first-order valence-corrected chi connectivity index (χ1v) is 7.09. The molecule has 1 amide bonds. The summed E-state index contributed by atoms with van der Waals surface area (Å²) >= 11 is 6.23. The third-order valence-electron chi connectivity index (χ3n) is 3.56. The molecule has 104 valence electrons. The Kier molecular flexibility index (Phi) is 4.35. The van der Waals surface area contributed by atoms with Crippen molar-refractivity contribution >= 4 is 17.5 Å². The van der Waals surface area contributed by atoms with E-state index >= 15 is 0 Å². The van der Waals surface area contributed by atoms with Gasteiger partial charge in [0.1, 0.15) is 5.75 Å².